The molecule has 3 rings (SSSR count). The van der Waals surface area contributed by atoms with Crippen LogP contribution in [0.4, 0.5) is 4.79 Å². The van der Waals surface area contributed by atoms with Crippen molar-refractivity contribution in [2.75, 3.05) is 13.2 Å². The minimum Gasteiger partial charge on any atom is -0.444 e. The van der Waals surface area contributed by atoms with Crippen molar-refractivity contribution in [2.45, 2.75) is 109 Å². The quantitative estimate of drug-likeness (QED) is 0.503. The summed E-state index contributed by atoms with van der Waals surface area (Å²) in [5.74, 6) is -0.232. The van der Waals surface area contributed by atoms with Gasteiger partial charge in [0, 0.05) is 19.9 Å². The molecule has 0 bridgehead atoms. The van der Waals surface area contributed by atoms with Gasteiger partial charge in [-0.15, -0.1) is 0 Å². The minimum absolute atomic E-state index is 0.0373. The zero-order chi connectivity index (χ0) is 26.2. The third kappa shape index (κ3) is 8.03. The van der Waals surface area contributed by atoms with Crippen LogP contribution in [0.25, 0.3) is 0 Å². The number of nitrogens with zero attached hydrogens (tertiary/aromatic N) is 1. The number of hydrogen-bond acceptors (Lipinski definition) is 6. The Morgan fingerprint density at radius 1 is 1.08 bits per heavy atom. The molecule has 0 aromatic heterocycles. The molecule has 2 aliphatic rings. The number of ether oxygens (including phenoxy) is 3. The largest absolute Gasteiger partial charge is 0.444 e. The van der Waals surface area contributed by atoms with Crippen LogP contribution in [0.15, 0.2) is 30.3 Å². The minimum atomic E-state index is -0.876. The molecule has 1 aromatic carbocycles. The van der Waals surface area contributed by atoms with E-state index in [1.54, 1.807) is 4.90 Å². The molecule has 0 spiro atoms. The Labute approximate surface area is 215 Å². The van der Waals surface area contributed by atoms with Crippen LogP contribution in [0, 0.1) is 0 Å². The van der Waals surface area contributed by atoms with Gasteiger partial charge >= 0.3 is 6.09 Å². The van der Waals surface area contributed by atoms with Gasteiger partial charge in [0.1, 0.15) is 11.9 Å². The van der Waals surface area contributed by atoms with Gasteiger partial charge in [-0.2, -0.15) is 0 Å². The molecule has 36 heavy (non-hydrogen) atoms. The van der Waals surface area contributed by atoms with Crippen LogP contribution in [0.5, 0.6) is 0 Å². The monoisotopic (exact) mass is 502 g/mol. The summed E-state index contributed by atoms with van der Waals surface area (Å²) in [6.45, 7) is 8.24. The highest BCUT2D eigenvalue weighted by Gasteiger charge is 2.48. The molecule has 2 unspecified atom stereocenters. The molecule has 8 nitrogen and oxygen atoms in total. The van der Waals surface area contributed by atoms with E-state index in [0.29, 0.717) is 26.0 Å². The predicted octanol–water partition coefficient (Wildman–Crippen LogP) is 4.39. The summed E-state index contributed by atoms with van der Waals surface area (Å²) in [6, 6.07) is 9.66. The predicted molar refractivity (Wildman–Crippen MR) is 136 cm³/mol. The van der Waals surface area contributed by atoms with Crippen LogP contribution >= 0.6 is 0 Å². The van der Waals surface area contributed by atoms with E-state index in [0.717, 1.165) is 32.0 Å². The first kappa shape index (κ1) is 28.1. The number of benzene rings is 1. The third-order valence-corrected chi connectivity index (χ3v) is 6.98. The topological polar surface area (TPSA) is 94.2 Å². The maximum absolute atomic E-state index is 13.1. The lowest BCUT2D eigenvalue weighted by molar-refractivity contribution is -0.126. The Bertz CT molecular complexity index is 863. The van der Waals surface area contributed by atoms with Crippen LogP contribution < -0.4 is 5.32 Å². The van der Waals surface area contributed by atoms with Gasteiger partial charge in [0.05, 0.1) is 37.0 Å². The van der Waals surface area contributed by atoms with E-state index >= 15 is 0 Å². The summed E-state index contributed by atoms with van der Waals surface area (Å²) >= 11 is 0. The fraction of sp³-hybridized carbons (Fsp3) is 0.679. The summed E-state index contributed by atoms with van der Waals surface area (Å²) in [4.78, 5) is 38.6. The molecule has 1 saturated heterocycles. The van der Waals surface area contributed by atoms with E-state index in [9.17, 15) is 14.4 Å². The molecule has 2 amide bonds. The zero-order valence-corrected chi connectivity index (χ0v) is 22.2. The van der Waals surface area contributed by atoms with Gasteiger partial charge in [-0.25, -0.2) is 4.79 Å². The summed E-state index contributed by atoms with van der Waals surface area (Å²) in [6.07, 6.45) is 5.50. The van der Waals surface area contributed by atoms with E-state index in [-0.39, 0.29) is 31.1 Å². The molecular formula is C28H42N2O6. The Kier molecular flexibility index (Phi) is 9.91. The second-order valence-electron chi connectivity index (χ2n) is 11.0. The van der Waals surface area contributed by atoms with Gasteiger partial charge in [0.15, 0.2) is 0 Å². The van der Waals surface area contributed by atoms with E-state index in [2.05, 4.69) is 17.4 Å². The maximum Gasteiger partial charge on any atom is 0.410 e. The van der Waals surface area contributed by atoms with Gasteiger partial charge in [0.25, 0.3) is 0 Å². The van der Waals surface area contributed by atoms with Gasteiger partial charge < -0.3 is 29.2 Å². The molecule has 1 N–H and O–H groups in total. The number of carbonyl (C=O) groups excluding carboxylic acids is 3. The molecule has 1 aromatic rings. The lowest BCUT2D eigenvalue weighted by Gasteiger charge is -2.49. The SMILES string of the molecule is CC(=O)NC1(CC=O)CCCN(C(=O)OC(C)(C)C)C1COC1CCC(OCc2ccccc2)CC1. The number of rotatable bonds is 9. The first-order valence-electron chi connectivity index (χ1n) is 13.1. The van der Waals surface area contributed by atoms with E-state index in [1.807, 2.05) is 39.0 Å². The highest BCUT2D eigenvalue weighted by atomic mass is 16.6. The Morgan fingerprint density at radius 2 is 1.72 bits per heavy atom. The Balaban J connectivity index is 1.63. The second-order valence-corrected chi connectivity index (χ2v) is 11.0. The number of likely N-dealkylation sites (tertiary alicyclic amines) is 1. The van der Waals surface area contributed by atoms with Crippen molar-refractivity contribution < 1.29 is 28.6 Å². The second kappa shape index (κ2) is 12.7. The van der Waals surface area contributed by atoms with Gasteiger partial charge in [-0.05, 0) is 64.9 Å². The molecule has 0 radical (unpaired) electrons. The van der Waals surface area contributed by atoms with Gasteiger partial charge in [-0.3, -0.25) is 4.79 Å². The number of carbonyl (C=O) groups is 3. The number of piperidine rings is 1. The molecule has 1 aliphatic carbocycles. The number of hydrogen-bond donors (Lipinski definition) is 1. The first-order chi connectivity index (χ1) is 17.1. The number of amides is 2. The average Bonchev–Trinajstić information content (AvgIpc) is 2.82. The van der Waals surface area contributed by atoms with Crippen LogP contribution in [-0.2, 0) is 30.4 Å². The fourth-order valence-electron chi connectivity index (χ4n) is 5.29. The molecule has 2 atom stereocenters. The van der Waals surface area contributed by atoms with E-state index in [4.69, 9.17) is 14.2 Å². The zero-order valence-electron chi connectivity index (χ0n) is 22.2. The van der Waals surface area contributed by atoms with Crippen molar-refractivity contribution >= 4 is 18.3 Å². The fourth-order valence-corrected chi connectivity index (χ4v) is 5.29. The molecule has 1 aliphatic heterocycles. The first-order valence-corrected chi connectivity index (χ1v) is 13.1. The average molecular weight is 503 g/mol. The molecule has 2 fully saturated rings. The standard InChI is InChI=1S/C28H42N2O6/c1-21(32)29-28(16-18-31)15-8-17-30(26(33)36-27(2,3)4)25(28)20-35-24-13-11-23(12-14-24)34-19-22-9-6-5-7-10-22/h5-7,9-10,18,23-25H,8,11-17,19-20H2,1-4H3,(H,29,32). The molecule has 200 valence electrons. The third-order valence-electron chi connectivity index (χ3n) is 6.98. The van der Waals surface area contributed by atoms with Crippen LogP contribution in [-0.4, -0.2) is 65.7 Å². The van der Waals surface area contributed by atoms with Crippen molar-refractivity contribution in [3.8, 4) is 0 Å². The van der Waals surface area contributed by atoms with Crippen molar-refractivity contribution in [1.29, 1.82) is 0 Å². The molecular weight excluding hydrogens is 460 g/mol. The Morgan fingerprint density at radius 3 is 2.31 bits per heavy atom. The van der Waals surface area contributed by atoms with Crippen LogP contribution in [0.1, 0.15) is 78.2 Å². The lowest BCUT2D eigenvalue weighted by Crippen LogP contribution is -2.68. The summed E-state index contributed by atoms with van der Waals surface area (Å²) in [7, 11) is 0. The van der Waals surface area contributed by atoms with Crippen molar-refractivity contribution in [1.82, 2.24) is 10.2 Å². The summed E-state index contributed by atoms with van der Waals surface area (Å²) in [5, 5.41) is 3.00. The van der Waals surface area contributed by atoms with E-state index in [1.165, 1.54) is 12.5 Å². The van der Waals surface area contributed by atoms with Crippen molar-refractivity contribution in [3.63, 3.8) is 0 Å². The van der Waals surface area contributed by atoms with Crippen LogP contribution in [0.3, 0.4) is 0 Å². The molecule has 1 saturated carbocycles. The normalized spacial score (nSPS) is 26.8. The number of nitrogens with one attached hydrogen (secondary N) is 1. The molecule has 1 heterocycles. The maximum atomic E-state index is 13.1. The van der Waals surface area contributed by atoms with Crippen LogP contribution in [0.2, 0.25) is 0 Å². The van der Waals surface area contributed by atoms with Gasteiger partial charge in [0.2, 0.25) is 5.91 Å². The summed E-state index contributed by atoms with van der Waals surface area (Å²) < 4.78 is 18.1. The van der Waals surface area contributed by atoms with Crippen molar-refractivity contribution in [2.24, 2.45) is 0 Å². The van der Waals surface area contributed by atoms with E-state index < -0.39 is 23.3 Å². The lowest BCUT2D eigenvalue weighted by atomic mass is 9.78. The molecule has 8 heteroatoms. The highest BCUT2D eigenvalue weighted by Crippen LogP contribution is 2.33. The number of aldehydes is 1. The Hall–Kier alpha value is -2.45. The highest BCUT2D eigenvalue weighted by molar-refractivity contribution is 5.75. The van der Waals surface area contributed by atoms with Gasteiger partial charge in [-0.1, -0.05) is 30.3 Å². The summed E-state index contributed by atoms with van der Waals surface area (Å²) in [5.41, 5.74) is -0.363. The van der Waals surface area contributed by atoms with Crippen molar-refractivity contribution in [3.05, 3.63) is 35.9 Å². The smallest absolute Gasteiger partial charge is 0.410 e.